The molecule has 16 heavy (non-hydrogen) atoms. The molecule has 96 valence electrons. The minimum Gasteiger partial charge on any atom is -0.390 e. The zero-order valence-corrected chi connectivity index (χ0v) is 10.0. The van der Waals surface area contributed by atoms with E-state index in [1.165, 1.54) is 6.92 Å². The van der Waals surface area contributed by atoms with Crippen LogP contribution in [0.25, 0.3) is 0 Å². The lowest BCUT2D eigenvalue weighted by molar-refractivity contribution is -0.119. The topological polar surface area (TPSA) is 151 Å². The smallest absolute Gasteiger partial charge is 0.390 e. The largest absolute Gasteiger partial charge is 0.481 e. The Morgan fingerprint density at radius 3 is 2.19 bits per heavy atom. The summed E-state index contributed by atoms with van der Waals surface area (Å²) < 4.78 is 28.6. The summed E-state index contributed by atoms with van der Waals surface area (Å²) in [4.78, 5) is 35.7. The lowest BCUT2D eigenvalue weighted by Gasteiger charge is -2.14. The van der Waals surface area contributed by atoms with Crippen molar-refractivity contribution < 1.29 is 42.5 Å². The first-order valence-electron chi connectivity index (χ1n) is 3.93. The van der Waals surface area contributed by atoms with Crippen molar-refractivity contribution in [3.63, 3.8) is 0 Å². The average molecular weight is 278 g/mol. The number of phosphoric ester groups is 1. The number of aliphatic hydroxyl groups excluding tert-OH is 1. The molecule has 0 aliphatic rings. The SMILES string of the molecule is CC(=O)C[C@H](O)COP(=O)(O)OP(=O)(O)O. The summed E-state index contributed by atoms with van der Waals surface area (Å²) in [5, 5.41) is 9.05. The van der Waals surface area contributed by atoms with Crippen LogP contribution in [0.3, 0.4) is 0 Å². The van der Waals surface area contributed by atoms with Crippen LogP contribution in [0.5, 0.6) is 0 Å². The van der Waals surface area contributed by atoms with Crippen LogP contribution < -0.4 is 0 Å². The minimum atomic E-state index is -5.16. The molecule has 0 aromatic heterocycles. The van der Waals surface area contributed by atoms with Gasteiger partial charge in [-0.25, -0.2) is 9.13 Å². The number of rotatable bonds is 7. The molecule has 2 atom stereocenters. The highest BCUT2D eigenvalue weighted by Crippen LogP contribution is 2.57. The summed E-state index contributed by atoms with van der Waals surface area (Å²) >= 11 is 0. The molecule has 9 nitrogen and oxygen atoms in total. The van der Waals surface area contributed by atoms with Gasteiger partial charge in [-0.2, -0.15) is 4.31 Å². The second kappa shape index (κ2) is 6.00. The van der Waals surface area contributed by atoms with Crippen molar-refractivity contribution >= 4 is 21.4 Å². The van der Waals surface area contributed by atoms with Crippen molar-refractivity contribution in [3.05, 3.63) is 0 Å². The molecule has 11 heteroatoms. The van der Waals surface area contributed by atoms with Crippen molar-refractivity contribution in [1.82, 2.24) is 0 Å². The maximum atomic E-state index is 10.8. The Kier molecular flexibility index (Phi) is 5.95. The first kappa shape index (κ1) is 15.9. The van der Waals surface area contributed by atoms with Gasteiger partial charge in [-0.15, -0.1) is 0 Å². The van der Waals surface area contributed by atoms with Gasteiger partial charge in [0.25, 0.3) is 0 Å². The van der Waals surface area contributed by atoms with E-state index >= 15 is 0 Å². The van der Waals surface area contributed by atoms with Crippen LogP contribution in [0, 0.1) is 0 Å². The zero-order valence-electron chi connectivity index (χ0n) is 8.22. The third kappa shape index (κ3) is 9.14. The highest BCUT2D eigenvalue weighted by atomic mass is 31.3. The molecule has 0 amide bonds. The zero-order chi connectivity index (χ0) is 13.0. The molecule has 0 fully saturated rings. The monoisotopic (exact) mass is 278 g/mol. The molecule has 0 saturated heterocycles. The predicted octanol–water partition coefficient (Wildman–Crippen LogP) is -0.447. The number of ketones is 1. The highest BCUT2D eigenvalue weighted by molar-refractivity contribution is 7.60. The van der Waals surface area contributed by atoms with Crippen LogP contribution in [-0.4, -0.2) is 38.3 Å². The number of carbonyl (C=O) groups excluding carboxylic acids is 1. The second-order valence-electron chi connectivity index (χ2n) is 2.90. The van der Waals surface area contributed by atoms with E-state index in [1.807, 2.05) is 0 Å². The number of carbonyl (C=O) groups is 1. The van der Waals surface area contributed by atoms with Gasteiger partial charge in [0.15, 0.2) is 0 Å². The van der Waals surface area contributed by atoms with Gasteiger partial charge in [-0.1, -0.05) is 0 Å². The molecule has 0 bridgehead atoms. The third-order valence-electron chi connectivity index (χ3n) is 1.16. The molecule has 0 heterocycles. The van der Waals surface area contributed by atoms with E-state index in [0.717, 1.165) is 0 Å². The fourth-order valence-corrected chi connectivity index (χ4v) is 2.35. The summed E-state index contributed by atoms with van der Waals surface area (Å²) in [5.41, 5.74) is 0. The Morgan fingerprint density at radius 1 is 1.31 bits per heavy atom. The molecule has 4 N–H and O–H groups in total. The number of hydrogen-bond acceptors (Lipinski definition) is 6. The molecular formula is C5H12O9P2. The van der Waals surface area contributed by atoms with Crippen LogP contribution in [0.4, 0.5) is 0 Å². The van der Waals surface area contributed by atoms with Crippen molar-refractivity contribution in [2.45, 2.75) is 19.4 Å². The van der Waals surface area contributed by atoms with Gasteiger partial charge in [0.05, 0.1) is 12.7 Å². The summed E-state index contributed by atoms with van der Waals surface area (Å²) in [5.74, 6) is -0.375. The summed E-state index contributed by atoms with van der Waals surface area (Å²) in [6.07, 6.45) is -1.66. The van der Waals surface area contributed by atoms with Gasteiger partial charge in [-0.3, -0.25) is 9.32 Å². The first-order chi connectivity index (χ1) is 7.02. The fraction of sp³-hybridized carbons (Fsp3) is 0.800. The van der Waals surface area contributed by atoms with Crippen LogP contribution in [-0.2, 0) is 22.8 Å². The van der Waals surface area contributed by atoms with Gasteiger partial charge >= 0.3 is 15.6 Å². The number of Topliss-reactive ketones (excluding diaryl/α,β-unsaturated/α-hetero) is 1. The lowest BCUT2D eigenvalue weighted by Crippen LogP contribution is -2.17. The highest BCUT2D eigenvalue weighted by Gasteiger charge is 2.32. The maximum Gasteiger partial charge on any atom is 0.481 e. The van der Waals surface area contributed by atoms with E-state index in [9.17, 15) is 13.9 Å². The molecule has 0 aromatic rings. The van der Waals surface area contributed by atoms with E-state index in [1.54, 1.807) is 0 Å². The molecule has 0 aromatic carbocycles. The molecular weight excluding hydrogens is 266 g/mol. The Morgan fingerprint density at radius 2 is 1.81 bits per heavy atom. The standard InChI is InChI=1S/C5H12O9P2/c1-4(6)2-5(7)3-13-16(11,12)14-15(8,9)10/h5,7H,2-3H2,1H3,(H,11,12)(H2,8,9,10)/t5-/m0/s1. The molecule has 1 unspecified atom stereocenters. The predicted molar refractivity (Wildman–Crippen MR) is 50.2 cm³/mol. The molecule has 0 spiro atoms. The van der Waals surface area contributed by atoms with Gasteiger partial charge in [-0.05, 0) is 6.92 Å². The molecule has 0 aliphatic carbocycles. The Hall–Kier alpha value is -0.110. The maximum absolute atomic E-state index is 10.8. The van der Waals surface area contributed by atoms with E-state index in [0.29, 0.717) is 0 Å². The van der Waals surface area contributed by atoms with E-state index in [4.69, 9.17) is 19.8 Å². The minimum absolute atomic E-state index is 0.310. The number of aliphatic hydroxyl groups is 1. The third-order valence-corrected chi connectivity index (χ3v) is 3.31. The quantitative estimate of drug-likeness (QED) is 0.454. The summed E-state index contributed by atoms with van der Waals surface area (Å²) in [6.45, 7) is 0.432. The second-order valence-corrected chi connectivity index (χ2v) is 5.73. The van der Waals surface area contributed by atoms with Gasteiger partial charge in [0.2, 0.25) is 0 Å². The Bertz CT molecular complexity index is 333. The summed E-state index contributed by atoms with van der Waals surface area (Å²) in [6, 6.07) is 0. The Balaban J connectivity index is 4.14. The van der Waals surface area contributed by atoms with Crippen molar-refractivity contribution in [3.8, 4) is 0 Å². The van der Waals surface area contributed by atoms with Crippen molar-refractivity contribution in [2.24, 2.45) is 0 Å². The number of hydrogen-bond donors (Lipinski definition) is 4. The Labute approximate surface area is 90.9 Å². The van der Waals surface area contributed by atoms with Gasteiger partial charge < -0.3 is 19.8 Å². The molecule has 0 aliphatic heterocycles. The van der Waals surface area contributed by atoms with E-state index < -0.39 is 28.4 Å². The first-order valence-corrected chi connectivity index (χ1v) is 6.96. The summed E-state index contributed by atoms with van der Waals surface area (Å²) in [7, 11) is -10.1. The normalized spacial score (nSPS) is 17.8. The van der Waals surface area contributed by atoms with Crippen LogP contribution >= 0.6 is 15.6 Å². The van der Waals surface area contributed by atoms with Crippen LogP contribution in [0.2, 0.25) is 0 Å². The van der Waals surface area contributed by atoms with Crippen molar-refractivity contribution in [2.75, 3.05) is 6.61 Å². The molecule has 0 saturated carbocycles. The molecule has 0 rings (SSSR count). The lowest BCUT2D eigenvalue weighted by atomic mass is 10.2. The van der Waals surface area contributed by atoms with E-state index in [-0.39, 0.29) is 12.2 Å². The van der Waals surface area contributed by atoms with E-state index in [2.05, 4.69) is 8.83 Å². The molecule has 0 radical (unpaired) electrons. The van der Waals surface area contributed by atoms with Crippen LogP contribution in [0.15, 0.2) is 0 Å². The fourth-order valence-electron chi connectivity index (χ4n) is 0.729. The van der Waals surface area contributed by atoms with Crippen LogP contribution in [0.1, 0.15) is 13.3 Å². The van der Waals surface area contributed by atoms with Gasteiger partial charge in [0.1, 0.15) is 5.78 Å². The average Bonchev–Trinajstić information content (AvgIpc) is 1.95. The number of phosphoric acid groups is 2. The van der Waals surface area contributed by atoms with Gasteiger partial charge in [0, 0.05) is 6.42 Å². The van der Waals surface area contributed by atoms with Crippen molar-refractivity contribution in [1.29, 1.82) is 0 Å².